The van der Waals surface area contributed by atoms with Crippen molar-refractivity contribution in [3.05, 3.63) is 325 Å². The molecule has 0 bridgehead atoms. The number of hydrogen-bond acceptors (Lipinski definition) is 2. The van der Waals surface area contributed by atoms with Crippen molar-refractivity contribution in [3.8, 4) is 50.4 Å². The highest BCUT2D eigenvalue weighted by Crippen LogP contribution is 2.55. The lowest BCUT2D eigenvalue weighted by atomic mass is 9.33. The van der Waals surface area contributed by atoms with E-state index in [9.17, 15) is 0 Å². The van der Waals surface area contributed by atoms with Crippen molar-refractivity contribution >= 4 is 123 Å². The Kier molecular flexibility index (Phi) is 16.4. The average molecular weight is 1480 g/mol. The van der Waals surface area contributed by atoms with Gasteiger partial charge in [-0.05, 0) is 232 Å². The van der Waals surface area contributed by atoms with Crippen LogP contribution in [0.25, 0.3) is 116 Å². The van der Waals surface area contributed by atoms with E-state index < -0.39 is 0 Å². The summed E-state index contributed by atoms with van der Waals surface area (Å²) in [7, 11) is 0. The summed E-state index contributed by atoms with van der Waals surface area (Å²) in [6.45, 7) is 42.2. The van der Waals surface area contributed by atoms with Gasteiger partial charge in [0.2, 0.25) is 0 Å². The Morgan fingerprint density at radius 2 is 0.570 bits per heavy atom. The van der Waals surface area contributed by atoms with Crippen LogP contribution in [-0.4, -0.2) is 20.4 Å². The highest BCUT2D eigenvalue weighted by atomic mass is 15.2. The summed E-state index contributed by atoms with van der Waals surface area (Å²) < 4.78 is 7.67. The van der Waals surface area contributed by atoms with Gasteiger partial charge in [-0.25, -0.2) is 0 Å². The third-order valence-electron chi connectivity index (χ3n) is 24.9. The van der Waals surface area contributed by atoms with Gasteiger partial charge >= 0.3 is 0 Å². The minimum absolute atomic E-state index is 0.0652. The van der Waals surface area contributed by atoms with Gasteiger partial charge < -0.3 is 23.5 Å². The molecule has 0 aliphatic carbocycles. The Balaban J connectivity index is 1.000. The summed E-state index contributed by atoms with van der Waals surface area (Å²) in [5.74, 6) is 0. The lowest BCUT2D eigenvalue weighted by molar-refractivity contribution is 0.590. The zero-order valence-corrected chi connectivity index (χ0v) is 69.5. The normalized spacial score (nSPS) is 13.5. The van der Waals surface area contributed by atoms with Crippen LogP contribution in [-0.2, 0) is 32.5 Å². The SMILES string of the molecule is CC(C)(C)c1cc(-c2ccccc2)c(N2c3cc(-n4c5ccc(C(C)(C)C)cc5c5cc(C(C)(C)C)ccc54)ccc3B3c4ccc(-n5c6ccc(C(C)(C)C)cc6c6cc(C(C)(C)C)ccc65)cc4N(c4cc(-c5ccccc5)cc5c4c4ccccc4n5-c4ccccc4)c4cc(C(C)(C)C)cc2c43)c(-c2ccccc2)c1. The zero-order valence-electron chi connectivity index (χ0n) is 69.5. The van der Waals surface area contributed by atoms with Crippen LogP contribution in [0, 0.1) is 0 Å². The lowest BCUT2D eigenvalue weighted by Crippen LogP contribution is -2.61. The molecule has 0 saturated carbocycles. The molecule has 14 aromatic carbocycles. The smallest absolute Gasteiger partial charge is 0.252 e. The summed E-state index contributed by atoms with van der Waals surface area (Å²) in [6, 6.07) is 113. The van der Waals surface area contributed by atoms with Gasteiger partial charge in [-0.1, -0.05) is 288 Å². The molecule has 0 atom stereocenters. The number of aromatic nitrogens is 3. The van der Waals surface area contributed by atoms with Crippen molar-refractivity contribution in [1.82, 2.24) is 13.7 Å². The van der Waals surface area contributed by atoms with Crippen LogP contribution in [0.2, 0.25) is 0 Å². The molecule has 0 unspecified atom stereocenters. The first-order valence-electron chi connectivity index (χ1n) is 41.1. The van der Waals surface area contributed by atoms with E-state index in [4.69, 9.17) is 0 Å². The van der Waals surface area contributed by atoms with Crippen LogP contribution in [0.5, 0.6) is 0 Å². The van der Waals surface area contributed by atoms with Crippen LogP contribution in [0.4, 0.5) is 34.1 Å². The van der Waals surface area contributed by atoms with Gasteiger partial charge in [0.05, 0.1) is 44.5 Å². The summed E-state index contributed by atoms with van der Waals surface area (Å²) in [4.78, 5) is 5.50. The Morgan fingerprint density at radius 3 is 0.991 bits per heavy atom. The number of para-hydroxylation sites is 2. The van der Waals surface area contributed by atoms with Crippen LogP contribution in [0.3, 0.4) is 0 Å². The molecule has 562 valence electrons. The summed E-state index contributed by atoms with van der Waals surface area (Å²) in [6.07, 6.45) is 0. The van der Waals surface area contributed by atoms with Crippen molar-refractivity contribution < 1.29 is 0 Å². The maximum Gasteiger partial charge on any atom is 0.252 e. The maximum atomic E-state index is 2.76. The molecular formula is C108H102BN5. The molecule has 0 saturated heterocycles. The fourth-order valence-corrected chi connectivity index (χ4v) is 18.5. The van der Waals surface area contributed by atoms with Gasteiger partial charge in [0.1, 0.15) is 0 Å². The minimum Gasteiger partial charge on any atom is -0.311 e. The van der Waals surface area contributed by atoms with Gasteiger partial charge in [-0.3, -0.25) is 0 Å². The standard InChI is InChI=1S/C108H102BN5/c1-103(2,3)71-43-51-90-83(57-71)84-58-72(104(4,5)6)44-52-91(84)111(90)78-47-49-87-94(65-78)113(97-56-70(67-33-23-19-24-34-67)55-96-100(97)80-41-31-32-42-89(80)110(96)77-39-29-22-30-40-77)98-63-76(108(16,17)18)64-99-101(98)109(87)88-50-48-79(112-92-53-45-73(105(7,8)9)59-85(92)86-60-74(106(10,11)12)46-54-93(86)112)66-95(88)114(99)102-81(68-35-25-20-26-36-68)61-75(107(13,14)15)62-82(102)69-37-27-21-28-38-69/h19-66H,1-18H3. The van der Waals surface area contributed by atoms with Gasteiger partial charge in [0.25, 0.3) is 6.71 Å². The number of nitrogens with zero attached hydrogens (tertiary/aromatic N) is 5. The monoisotopic (exact) mass is 1480 g/mol. The Hall–Kier alpha value is -11.9. The van der Waals surface area contributed by atoms with E-state index in [0.29, 0.717) is 0 Å². The van der Waals surface area contributed by atoms with Crippen molar-refractivity contribution in [2.75, 3.05) is 9.80 Å². The van der Waals surface area contributed by atoms with E-state index in [1.807, 2.05) is 0 Å². The van der Waals surface area contributed by atoms with Crippen LogP contribution < -0.4 is 26.2 Å². The van der Waals surface area contributed by atoms with Gasteiger partial charge in [0, 0.05) is 83.3 Å². The maximum absolute atomic E-state index is 2.76. The summed E-state index contributed by atoms with van der Waals surface area (Å²) in [5.41, 5.74) is 34.8. The molecule has 2 aliphatic rings. The first-order valence-corrected chi connectivity index (χ1v) is 41.1. The Labute approximate surface area is 673 Å². The largest absolute Gasteiger partial charge is 0.311 e. The molecule has 17 aromatic rings. The fourth-order valence-electron chi connectivity index (χ4n) is 18.5. The Bertz CT molecular complexity index is 6560. The molecule has 0 fully saturated rings. The fraction of sp³-hybridized carbons (Fsp3) is 0.222. The van der Waals surface area contributed by atoms with Crippen molar-refractivity contribution in [2.24, 2.45) is 0 Å². The topological polar surface area (TPSA) is 21.3 Å². The van der Waals surface area contributed by atoms with Crippen molar-refractivity contribution in [1.29, 1.82) is 0 Å². The van der Waals surface area contributed by atoms with Gasteiger partial charge in [0.15, 0.2) is 0 Å². The van der Waals surface area contributed by atoms with Crippen LogP contribution in [0.1, 0.15) is 158 Å². The molecule has 0 spiro atoms. The first-order chi connectivity index (χ1) is 54.3. The Morgan fingerprint density at radius 1 is 0.219 bits per heavy atom. The van der Waals surface area contributed by atoms with Crippen molar-refractivity contribution in [3.63, 3.8) is 0 Å². The second-order valence-corrected chi connectivity index (χ2v) is 38.7. The quantitative estimate of drug-likeness (QED) is 0.141. The molecule has 5 heterocycles. The number of hydrogen-bond donors (Lipinski definition) is 0. The third kappa shape index (κ3) is 11.8. The molecule has 19 rings (SSSR count). The highest BCUT2D eigenvalue weighted by Gasteiger charge is 2.47. The second kappa shape index (κ2) is 25.8. The predicted molar refractivity (Wildman–Crippen MR) is 492 cm³/mol. The van der Waals surface area contributed by atoms with E-state index in [-0.39, 0.29) is 39.2 Å². The molecule has 0 N–H and O–H groups in total. The number of rotatable bonds is 8. The highest BCUT2D eigenvalue weighted by molar-refractivity contribution is 7.00. The third-order valence-corrected chi connectivity index (χ3v) is 24.9. The summed E-state index contributed by atoms with van der Waals surface area (Å²) >= 11 is 0. The molecular weight excluding hydrogens is 1380 g/mol. The number of anilines is 6. The van der Waals surface area contributed by atoms with E-state index in [1.165, 1.54) is 115 Å². The molecule has 6 heteroatoms. The van der Waals surface area contributed by atoms with E-state index in [0.717, 1.165) is 84.5 Å². The predicted octanol–water partition coefficient (Wildman–Crippen LogP) is 27.8. The molecule has 2 aliphatic heterocycles. The molecule has 5 nitrogen and oxygen atoms in total. The lowest BCUT2D eigenvalue weighted by Gasteiger charge is -2.46. The first kappa shape index (κ1) is 72.4. The van der Waals surface area contributed by atoms with Gasteiger partial charge in [-0.15, -0.1) is 0 Å². The average Bonchev–Trinajstić information content (AvgIpc) is 1.29. The number of fused-ring (bicyclic) bond motifs is 13. The van der Waals surface area contributed by atoms with Crippen LogP contribution >= 0.6 is 0 Å². The van der Waals surface area contributed by atoms with E-state index in [1.54, 1.807) is 0 Å². The van der Waals surface area contributed by atoms with Crippen molar-refractivity contribution in [2.45, 2.75) is 157 Å². The molecule has 0 radical (unpaired) electrons. The second-order valence-electron chi connectivity index (χ2n) is 38.7. The zero-order chi connectivity index (χ0) is 79.2. The minimum atomic E-state index is -0.352. The van der Waals surface area contributed by atoms with E-state index in [2.05, 4.69) is 439 Å². The molecule has 3 aromatic heterocycles. The van der Waals surface area contributed by atoms with Gasteiger partial charge in [-0.2, -0.15) is 0 Å². The van der Waals surface area contributed by atoms with Crippen LogP contribution in [0.15, 0.2) is 291 Å². The number of benzene rings is 14. The molecule has 0 amide bonds. The summed E-state index contributed by atoms with van der Waals surface area (Å²) in [5, 5.41) is 7.42. The van der Waals surface area contributed by atoms with E-state index >= 15 is 0 Å². The molecule has 114 heavy (non-hydrogen) atoms.